The molecule has 0 saturated heterocycles. The van der Waals surface area contributed by atoms with Crippen LogP contribution in [0.4, 0.5) is 0 Å². The first-order valence-electron chi connectivity index (χ1n) is 5.34. The molecule has 1 aliphatic heterocycles. The summed E-state index contributed by atoms with van der Waals surface area (Å²) in [5, 5.41) is 1.54. The molecule has 0 aromatic heterocycles. The van der Waals surface area contributed by atoms with Crippen LogP contribution in [0.2, 0.25) is 0 Å². The Hall–Kier alpha value is -1.06. The zero-order valence-corrected chi connectivity index (χ0v) is 8.32. The van der Waals surface area contributed by atoms with Gasteiger partial charge in [-0.2, -0.15) is 5.06 Å². The molecular weight excluding hydrogens is 180 g/mol. The molecule has 0 spiro atoms. The Morgan fingerprint density at radius 1 is 1.36 bits per heavy atom. The SMILES string of the molecule is O=C(ON1C=NCC1)C1CCCCC1. The van der Waals surface area contributed by atoms with E-state index in [1.54, 1.807) is 6.34 Å². The van der Waals surface area contributed by atoms with Gasteiger partial charge in [-0.3, -0.25) is 4.99 Å². The monoisotopic (exact) mass is 196 g/mol. The Kier molecular flexibility index (Phi) is 3.01. The maximum absolute atomic E-state index is 11.6. The molecule has 2 rings (SSSR count). The average Bonchev–Trinajstić information content (AvgIpc) is 2.72. The van der Waals surface area contributed by atoms with Gasteiger partial charge in [-0.15, -0.1) is 0 Å². The van der Waals surface area contributed by atoms with Gasteiger partial charge in [0.15, 0.2) is 0 Å². The minimum absolute atomic E-state index is 0.0712. The van der Waals surface area contributed by atoms with Gasteiger partial charge in [0.05, 0.1) is 19.0 Å². The molecule has 0 N–H and O–H groups in total. The van der Waals surface area contributed by atoms with Crippen LogP contribution in [-0.2, 0) is 9.63 Å². The number of hydrogen-bond acceptors (Lipinski definition) is 4. The van der Waals surface area contributed by atoms with Gasteiger partial charge >= 0.3 is 5.97 Å². The molecule has 78 valence electrons. The van der Waals surface area contributed by atoms with Crippen LogP contribution < -0.4 is 0 Å². The standard InChI is InChI=1S/C10H16N2O2/c13-10(9-4-2-1-3-5-9)14-12-7-6-11-8-12/h8-9H,1-7H2. The van der Waals surface area contributed by atoms with Crippen molar-refractivity contribution in [2.45, 2.75) is 32.1 Å². The van der Waals surface area contributed by atoms with Crippen molar-refractivity contribution in [2.24, 2.45) is 10.9 Å². The average molecular weight is 196 g/mol. The Bertz CT molecular complexity index is 234. The Labute approximate surface area is 83.9 Å². The number of carbonyl (C=O) groups excluding carboxylic acids is 1. The van der Waals surface area contributed by atoms with E-state index in [1.165, 1.54) is 11.5 Å². The van der Waals surface area contributed by atoms with Gasteiger partial charge in [0.25, 0.3) is 0 Å². The predicted molar refractivity (Wildman–Crippen MR) is 52.7 cm³/mol. The third-order valence-corrected chi connectivity index (χ3v) is 2.81. The predicted octanol–water partition coefficient (Wildman–Crippen LogP) is 1.37. The third kappa shape index (κ3) is 2.25. The van der Waals surface area contributed by atoms with Crippen molar-refractivity contribution in [3.05, 3.63) is 0 Å². The molecule has 0 aromatic carbocycles. The van der Waals surface area contributed by atoms with Crippen molar-refractivity contribution in [1.82, 2.24) is 5.06 Å². The van der Waals surface area contributed by atoms with Crippen molar-refractivity contribution < 1.29 is 9.63 Å². The number of rotatable bonds is 2. The first-order valence-corrected chi connectivity index (χ1v) is 5.34. The minimum atomic E-state index is -0.0712. The smallest absolute Gasteiger partial charge is 0.335 e. The van der Waals surface area contributed by atoms with Crippen LogP contribution in [0, 0.1) is 5.92 Å². The second-order valence-electron chi connectivity index (χ2n) is 3.91. The molecule has 0 aromatic rings. The van der Waals surface area contributed by atoms with Gasteiger partial charge in [0.2, 0.25) is 0 Å². The molecule has 1 aliphatic carbocycles. The van der Waals surface area contributed by atoms with E-state index in [0.717, 1.165) is 32.2 Å². The summed E-state index contributed by atoms with van der Waals surface area (Å²) >= 11 is 0. The fourth-order valence-corrected chi connectivity index (χ4v) is 1.96. The summed E-state index contributed by atoms with van der Waals surface area (Å²) in [6.45, 7) is 1.44. The van der Waals surface area contributed by atoms with E-state index in [2.05, 4.69) is 4.99 Å². The van der Waals surface area contributed by atoms with Crippen molar-refractivity contribution in [3.8, 4) is 0 Å². The quantitative estimate of drug-likeness (QED) is 0.669. The molecule has 0 unspecified atom stereocenters. The van der Waals surface area contributed by atoms with Gasteiger partial charge in [0.1, 0.15) is 6.34 Å². The first kappa shape index (κ1) is 9.49. The number of hydroxylamine groups is 2. The topological polar surface area (TPSA) is 41.9 Å². The number of hydrogen-bond donors (Lipinski definition) is 0. The molecule has 0 bridgehead atoms. The summed E-state index contributed by atoms with van der Waals surface area (Å²) in [6, 6.07) is 0. The lowest BCUT2D eigenvalue weighted by molar-refractivity contribution is -0.176. The van der Waals surface area contributed by atoms with Crippen molar-refractivity contribution in [1.29, 1.82) is 0 Å². The highest BCUT2D eigenvalue weighted by atomic mass is 16.7. The lowest BCUT2D eigenvalue weighted by Crippen LogP contribution is -2.29. The van der Waals surface area contributed by atoms with Crippen molar-refractivity contribution in [2.75, 3.05) is 13.1 Å². The number of aliphatic imine (C=N–C) groups is 1. The lowest BCUT2D eigenvalue weighted by atomic mass is 9.89. The highest BCUT2D eigenvalue weighted by Gasteiger charge is 2.24. The summed E-state index contributed by atoms with van der Waals surface area (Å²) in [5.41, 5.74) is 0. The fraction of sp³-hybridized carbons (Fsp3) is 0.800. The summed E-state index contributed by atoms with van der Waals surface area (Å²) in [5.74, 6) is 0.0517. The number of carbonyl (C=O) groups is 1. The van der Waals surface area contributed by atoms with E-state index in [-0.39, 0.29) is 11.9 Å². The van der Waals surface area contributed by atoms with Crippen molar-refractivity contribution >= 4 is 12.3 Å². The summed E-state index contributed by atoms with van der Waals surface area (Å²) in [4.78, 5) is 20.8. The van der Waals surface area contributed by atoms with Crippen molar-refractivity contribution in [3.63, 3.8) is 0 Å². The van der Waals surface area contributed by atoms with Gasteiger partial charge in [-0.25, -0.2) is 4.79 Å². The van der Waals surface area contributed by atoms with Gasteiger partial charge < -0.3 is 4.84 Å². The van der Waals surface area contributed by atoms with Crippen LogP contribution >= 0.6 is 0 Å². The molecule has 2 aliphatic rings. The minimum Gasteiger partial charge on any atom is -0.340 e. The molecule has 14 heavy (non-hydrogen) atoms. The summed E-state index contributed by atoms with van der Waals surface area (Å²) < 4.78 is 0. The van der Waals surface area contributed by atoms with Gasteiger partial charge in [-0.1, -0.05) is 19.3 Å². The molecule has 1 heterocycles. The molecule has 4 heteroatoms. The van der Waals surface area contributed by atoms with Gasteiger partial charge in [-0.05, 0) is 12.8 Å². The normalized spacial score (nSPS) is 22.7. The van der Waals surface area contributed by atoms with Gasteiger partial charge in [0, 0.05) is 0 Å². The summed E-state index contributed by atoms with van der Waals surface area (Å²) in [7, 11) is 0. The summed E-state index contributed by atoms with van der Waals surface area (Å²) in [6.07, 6.45) is 7.16. The van der Waals surface area contributed by atoms with E-state index < -0.39 is 0 Å². The molecular formula is C10H16N2O2. The van der Waals surface area contributed by atoms with Crippen LogP contribution in [-0.4, -0.2) is 30.5 Å². The van der Waals surface area contributed by atoms with E-state index in [0.29, 0.717) is 6.54 Å². The highest BCUT2D eigenvalue weighted by Crippen LogP contribution is 2.24. The third-order valence-electron chi connectivity index (χ3n) is 2.81. The molecule has 0 radical (unpaired) electrons. The molecule has 4 nitrogen and oxygen atoms in total. The fourth-order valence-electron chi connectivity index (χ4n) is 1.96. The second kappa shape index (κ2) is 4.44. The molecule has 1 fully saturated rings. The maximum atomic E-state index is 11.6. The molecule has 0 atom stereocenters. The zero-order valence-electron chi connectivity index (χ0n) is 8.32. The second-order valence-corrected chi connectivity index (χ2v) is 3.91. The Morgan fingerprint density at radius 2 is 2.14 bits per heavy atom. The largest absolute Gasteiger partial charge is 0.340 e. The van der Waals surface area contributed by atoms with E-state index >= 15 is 0 Å². The van der Waals surface area contributed by atoms with E-state index in [4.69, 9.17) is 4.84 Å². The van der Waals surface area contributed by atoms with E-state index in [1.807, 2.05) is 0 Å². The zero-order chi connectivity index (χ0) is 9.80. The van der Waals surface area contributed by atoms with Crippen LogP contribution in [0.5, 0.6) is 0 Å². The highest BCUT2D eigenvalue weighted by molar-refractivity contribution is 5.73. The Morgan fingerprint density at radius 3 is 2.79 bits per heavy atom. The van der Waals surface area contributed by atoms with Crippen LogP contribution in [0.1, 0.15) is 32.1 Å². The Balaban J connectivity index is 1.78. The lowest BCUT2D eigenvalue weighted by Gasteiger charge is -2.22. The molecule has 0 amide bonds. The first-order chi connectivity index (χ1) is 6.86. The molecule has 1 saturated carbocycles. The maximum Gasteiger partial charge on any atom is 0.335 e. The van der Waals surface area contributed by atoms with Crippen LogP contribution in [0.25, 0.3) is 0 Å². The number of nitrogens with zero attached hydrogens (tertiary/aromatic N) is 2. The van der Waals surface area contributed by atoms with E-state index in [9.17, 15) is 4.79 Å². The van der Waals surface area contributed by atoms with Crippen LogP contribution in [0.15, 0.2) is 4.99 Å². The van der Waals surface area contributed by atoms with Crippen LogP contribution in [0.3, 0.4) is 0 Å².